The molecule has 0 heterocycles. The van der Waals surface area contributed by atoms with Gasteiger partial charge in [0, 0.05) is 18.1 Å². The van der Waals surface area contributed by atoms with Gasteiger partial charge in [0.05, 0.1) is 0 Å². The molecule has 1 rings (SSSR count). The Morgan fingerprint density at radius 2 is 1.75 bits per heavy atom. The number of rotatable bonds is 6. The summed E-state index contributed by atoms with van der Waals surface area (Å²) in [6.07, 6.45) is 2.24. The molecular weight excluding hydrogens is 196 g/mol. The molecule has 0 amide bonds. The molecule has 16 heavy (non-hydrogen) atoms. The molecule has 1 aromatic carbocycles. The van der Waals surface area contributed by atoms with Crippen LogP contribution in [0.15, 0.2) is 30.3 Å². The second-order valence-electron chi connectivity index (χ2n) is 4.61. The van der Waals surface area contributed by atoms with Crippen molar-refractivity contribution in [1.29, 1.82) is 0 Å². The minimum absolute atomic E-state index is 0.180. The summed E-state index contributed by atoms with van der Waals surface area (Å²) in [7, 11) is 0. The molecule has 0 spiro atoms. The van der Waals surface area contributed by atoms with Crippen LogP contribution in [0.25, 0.3) is 0 Å². The molecule has 0 aliphatic carbocycles. The molecule has 1 aromatic rings. The molecule has 0 aromatic heterocycles. The van der Waals surface area contributed by atoms with E-state index in [0.717, 1.165) is 12.8 Å². The summed E-state index contributed by atoms with van der Waals surface area (Å²) in [5, 5.41) is 3.67. The first-order chi connectivity index (χ1) is 7.65. The zero-order valence-corrected chi connectivity index (χ0v) is 10.7. The summed E-state index contributed by atoms with van der Waals surface area (Å²) >= 11 is 0. The molecule has 0 saturated carbocycles. The Bertz CT molecular complexity index is 291. The highest BCUT2D eigenvalue weighted by molar-refractivity contribution is 5.19. The molecule has 0 aliphatic rings. The third-order valence-corrected chi connectivity index (χ3v) is 3.52. The first kappa shape index (κ1) is 13.2. The molecular formula is C14H24N2. The van der Waals surface area contributed by atoms with Crippen LogP contribution >= 0.6 is 0 Å². The molecule has 0 aliphatic heterocycles. The Labute approximate surface area is 99.2 Å². The Balaban J connectivity index is 2.77. The van der Waals surface area contributed by atoms with Crippen LogP contribution in [0, 0.1) is 0 Å². The SMILES string of the molecule is CCC(C)(CC)NC(CN)c1ccccc1. The van der Waals surface area contributed by atoms with Crippen LogP contribution in [-0.2, 0) is 0 Å². The van der Waals surface area contributed by atoms with Gasteiger partial charge in [0.2, 0.25) is 0 Å². The van der Waals surface area contributed by atoms with Gasteiger partial charge in [-0.15, -0.1) is 0 Å². The van der Waals surface area contributed by atoms with E-state index in [1.807, 2.05) is 6.07 Å². The molecule has 1 atom stereocenters. The van der Waals surface area contributed by atoms with Gasteiger partial charge in [-0.2, -0.15) is 0 Å². The van der Waals surface area contributed by atoms with Gasteiger partial charge in [0.1, 0.15) is 0 Å². The normalized spacial score (nSPS) is 13.8. The minimum atomic E-state index is 0.180. The molecule has 0 radical (unpaired) electrons. The lowest BCUT2D eigenvalue weighted by atomic mass is 9.93. The van der Waals surface area contributed by atoms with Crippen molar-refractivity contribution in [3.8, 4) is 0 Å². The average molecular weight is 220 g/mol. The lowest BCUT2D eigenvalue weighted by molar-refractivity contribution is 0.293. The van der Waals surface area contributed by atoms with Gasteiger partial charge in [-0.25, -0.2) is 0 Å². The Morgan fingerprint density at radius 1 is 1.19 bits per heavy atom. The molecule has 2 heteroatoms. The molecule has 0 saturated heterocycles. The van der Waals surface area contributed by atoms with Crippen molar-refractivity contribution in [2.24, 2.45) is 5.73 Å². The molecule has 0 bridgehead atoms. The van der Waals surface area contributed by atoms with Gasteiger partial charge < -0.3 is 11.1 Å². The first-order valence-electron chi connectivity index (χ1n) is 6.18. The van der Waals surface area contributed by atoms with Crippen molar-refractivity contribution in [1.82, 2.24) is 5.32 Å². The van der Waals surface area contributed by atoms with E-state index in [4.69, 9.17) is 5.73 Å². The third kappa shape index (κ3) is 3.32. The zero-order chi connectivity index (χ0) is 12.0. The highest BCUT2D eigenvalue weighted by atomic mass is 15.0. The molecule has 3 N–H and O–H groups in total. The topological polar surface area (TPSA) is 38.0 Å². The van der Waals surface area contributed by atoms with E-state index in [9.17, 15) is 0 Å². The van der Waals surface area contributed by atoms with Crippen molar-refractivity contribution >= 4 is 0 Å². The Kier molecular flexibility index (Phi) is 4.97. The summed E-state index contributed by atoms with van der Waals surface area (Å²) in [6, 6.07) is 10.7. The summed E-state index contributed by atoms with van der Waals surface area (Å²) < 4.78 is 0. The number of nitrogens with one attached hydrogen (secondary N) is 1. The van der Waals surface area contributed by atoms with Gasteiger partial charge >= 0.3 is 0 Å². The Hall–Kier alpha value is -0.860. The first-order valence-corrected chi connectivity index (χ1v) is 6.18. The lowest BCUT2D eigenvalue weighted by Crippen LogP contribution is -2.45. The Morgan fingerprint density at radius 3 is 2.19 bits per heavy atom. The van der Waals surface area contributed by atoms with E-state index in [2.05, 4.69) is 50.4 Å². The van der Waals surface area contributed by atoms with Crippen LogP contribution in [0.2, 0.25) is 0 Å². The van der Waals surface area contributed by atoms with E-state index in [1.165, 1.54) is 5.56 Å². The van der Waals surface area contributed by atoms with Crippen LogP contribution in [0.3, 0.4) is 0 Å². The lowest BCUT2D eigenvalue weighted by Gasteiger charge is -2.33. The maximum Gasteiger partial charge on any atom is 0.0448 e. The fourth-order valence-corrected chi connectivity index (χ4v) is 1.84. The highest BCUT2D eigenvalue weighted by Gasteiger charge is 2.23. The third-order valence-electron chi connectivity index (χ3n) is 3.52. The number of benzene rings is 1. The maximum absolute atomic E-state index is 5.86. The van der Waals surface area contributed by atoms with E-state index < -0.39 is 0 Å². The predicted octanol–water partition coefficient (Wildman–Crippen LogP) is 2.85. The summed E-state index contributed by atoms with van der Waals surface area (Å²) in [4.78, 5) is 0. The van der Waals surface area contributed by atoms with E-state index in [-0.39, 0.29) is 11.6 Å². The summed E-state index contributed by atoms with van der Waals surface area (Å²) in [5.41, 5.74) is 7.32. The number of hydrogen-bond acceptors (Lipinski definition) is 2. The molecule has 1 unspecified atom stereocenters. The monoisotopic (exact) mass is 220 g/mol. The largest absolute Gasteiger partial charge is 0.329 e. The van der Waals surface area contributed by atoms with Crippen LogP contribution in [0.4, 0.5) is 0 Å². The second kappa shape index (κ2) is 6.02. The standard InChI is InChI=1S/C14H24N2/c1-4-14(3,5-2)16-13(11-15)12-9-7-6-8-10-12/h6-10,13,16H,4-5,11,15H2,1-3H3. The fourth-order valence-electron chi connectivity index (χ4n) is 1.84. The molecule has 2 nitrogen and oxygen atoms in total. The van der Waals surface area contributed by atoms with Gasteiger partial charge in [0.15, 0.2) is 0 Å². The van der Waals surface area contributed by atoms with Gasteiger partial charge in [-0.3, -0.25) is 0 Å². The summed E-state index contributed by atoms with van der Waals surface area (Å²) in [6.45, 7) is 7.34. The van der Waals surface area contributed by atoms with Crippen molar-refractivity contribution in [2.75, 3.05) is 6.54 Å². The maximum atomic E-state index is 5.86. The van der Waals surface area contributed by atoms with Crippen LogP contribution < -0.4 is 11.1 Å². The predicted molar refractivity (Wildman–Crippen MR) is 70.4 cm³/mol. The van der Waals surface area contributed by atoms with E-state index >= 15 is 0 Å². The smallest absolute Gasteiger partial charge is 0.0448 e. The second-order valence-corrected chi connectivity index (χ2v) is 4.61. The fraction of sp³-hybridized carbons (Fsp3) is 0.571. The van der Waals surface area contributed by atoms with Crippen LogP contribution in [0.1, 0.15) is 45.2 Å². The van der Waals surface area contributed by atoms with E-state index in [0.29, 0.717) is 6.54 Å². The van der Waals surface area contributed by atoms with Crippen LogP contribution in [0.5, 0.6) is 0 Å². The number of hydrogen-bond donors (Lipinski definition) is 2. The molecule has 0 fully saturated rings. The summed E-state index contributed by atoms with van der Waals surface area (Å²) in [5.74, 6) is 0. The van der Waals surface area contributed by atoms with Gasteiger partial charge in [0.25, 0.3) is 0 Å². The average Bonchev–Trinajstić information content (AvgIpc) is 2.36. The molecule has 90 valence electrons. The van der Waals surface area contributed by atoms with Crippen molar-refractivity contribution < 1.29 is 0 Å². The van der Waals surface area contributed by atoms with Crippen molar-refractivity contribution in [3.63, 3.8) is 0 Å². The van der Waals surface area contributed by atoms with Gasteiger partial charge in [-0.05, 0) is 25.3 Å². The quantitative estimate of drug-likeness (QED) is 0.773. The minimum Gasteiger partial charge on any atom is -0.329 e. The zero-order valence-electron chi connectivity index (χ0n) is 10.7. The van der Waals surface area contributed by atoms with E-state index in [1.54, 1.807) is 0 Å². The van der Waals surface area contributed by atoms with Crippen molar-refractivity contribution in [2.45, 2.75) is 45.2 Å². The highest BCUT2D eigenvalue weighted by Crippen LogP contribution is 2.20. The van der Waals surface area contributed by atoms with Gasteiger partial charge in [-0.1, -0.05) is 44.2 Å². The van der Waals surface area contributed by atoms with Crippen molar-refractivity contribution in [3.05, 3.63) is 35.9 Å². The number of nitrogens with two attached hydrogens (primary N) is 1. The van der Waals surface area contributed by atoms with Crippen LogP contribution in [-0.4, -0.2) is 12.1 Å².